The largest absolute Gasteiger partial charge is 0.344 e. The molecule has 0 aliphatic rings. The molecular weight excluding hydrogens is 420 g/mol. The lowest BCUT2D eigenvalue weighted by molar-refractivity contribution is 0.167. The SMILES string of the molecule is O=C(N(CP(=O)(O)O)CP(=O)(O)O)N(CP(=O)(O)O)CP(=O)(O)O. The van der Waals surface area contributed by atoms with Crippen LogP contribution in [0.1, 0.15) is 0 Å². The van der Waals surface area contributed by atoms with Gasteiger partial charge in [-0.05, 0) is 0 Å². The lowest BCUT2D eigenvalue weighted by atomic mass is 10.7. The van der Waals surface area contributed by atoms with Gasteiger partial charge in [0.2, 0.25) is 0 Å². The van der Waals surface area contributed by atoms with Crippen molar-refractivity contribution in [1.82, 2.24) is 9.80 Å². The summed E-state index contributed by atoms with van der Waals surface area (Å²) in [7, 11) is -20.2. The smallest absolute Gasteiger partial charge is 0.323 e. The van der Waals surface area contributed by atoms with Crippen molar-refractivity contribution in [2.45, 2.75) is 0 Å². The fourth-order valence-corrected chi connectivity index (χ4v) is 4.40. The Hall–Kier alpha value is -0.130. The lowest BCUT2D eigenvalue weighted by Crippen LogP contribution is -2.44. The summed E-state index contributed by atoms with van der Waals surface area (Å²) in [5.41, 5.74) is 0. The maximum atomic E-state index is 12.0. The van der Waals surface area contributed by atoms with Gasteiger partial charge in [0.15, 0.2) is 0 Å². The fourth-order valence-electron chi connectivity index (χ4n) is 1.42. The van der Waals surface area contributed by atoms with Crippen LogP contribution in [0.4, 0.5) is 4.79 Å². The van der Waals surface area contributed by atoms with E-state index >= 15 is 0 Å². The summed E-state index contributed by atoms with van der Waals surface area (Å²) in [4.78, 5) is 82.3. The molecule has 0 aromatic rings. The van der Waals surface area contributed by atoms with Gasteiger partial charge in [0.25, 0.3) is 0 Å². The van der Waals surface area contributed by atoms with Crippen LogP contribution in [0.2, 0.25) is 0 Å². The summed E-state index contributed by atoms with van der Waals surface area (Å²) in [5.74, 6) is 0. The highest BCUT2D eigenvalue weighted by Crippen LogP contribution is 2.44. The van der Waals surface area contributed by atoms with Gasteiger partial charge in [0.1, 0.15) is 25.1 Å². The van der Waals surface area contributed by atoms with E-state index in [-0.39, 0.29) is 9.80 Å². The van der Waals surface area contributed by atoms with Gasteiger partial charge in [-0.1, -0.05) is 0 Å². The number of hydrogen-bond donors (Lipinski definition) is 8. The standard InChI is InChI=1S/C5H16N2O13P4/c8-5(6(1-21(9,10)11)2-22(12,13)14)7(3-23(15,16)17)4-24(18,19)20/h1-4H2,(H2,9,10,11)(H2,12,13,14)(H2,15,16,17)(H2,18,19,20). The highest BCUT2D eigenvalue weighted by atomic mass is 31.2. The molecule has 0 bridgehead atoms. The molecule has 0 aliphatic heterocycles. The Morgan fingerprint density at radius 2 is 0.708 bits per heavy atom. The van der Waals surface area contributed by atoms with Crippen molar-refractivity contribution >= 4 is 36.4 Å². The van der Waals surface area contributed by atoms with E-state index < -0.39 is 61.6 Å². The van der Waals surface area contributed by atoms with E-state index in [1.165, 1.54) is 0 Å². The van der Waals surface area contributed by atoms with Crippen LogP contribution in [0.5, 0.6) is 0 Å². The van der Waals surface area contributed by atoms with Crippen molar-refractivity contribution in [3.05, 3.63) is 0 Å². The van der Waals surface area contributed by atoms with Gasteiger partial charge in [-0.25, -0.2) is 4.79 Å². The number of carbonyl (C=O) groups excluding carboxylic acids is 1. The Morgan fingerprint density at radius 1 is 0.542 bits per heavy atom. The van der Waals surface area contributed by atoms with Crippen LogP contribution < -0.4 is 0 Å². The zero-order chi connectivity index (χ0) is 19.6. The summed E-state index contributed by atoms with van der Waals surface area (Å²) >= 11 is 0. The maximum Gasteiger partial charge on any atom is 0.344 e. The van der Waals surface area contributed by atoms with E-state index in [1.807, 2.05) is 0 Å². The van der Waals surface area contributed by atoms with E-state index in [4.69, 9.17) is 39.1 Å². The molecule has 0 aromatic carbocycles. The van der Waals surface area contributed by atoms with Gasteiger partial charge in [0.05, 0.1) is 0 Å². The summed E-state index contributed by atoms with van der Waals surface area (Å²) in [6.45, 7) is 0. The van der Waals surface area contributed by atoms with Crippen molar-refractivity contribution in [2.24, 2.45) is 0 Å². The second-order valence-electron chi connectivity index (χ2n) is 4.59. The normalized spacial score (nSPS) is 13.7. The Kier molecular flexibility index (Phi) is 8.00. The Bertz CT molecular complexity index is 537. The van der Waals surface area contributed by atoms with E-state index in [0.717, 1.165) is 0 Å². The van der Waals surface area contributed by atoms with Crippen molar-refractivity contribution in [2.75, 3.05) is 25.1 Å². The van der Waals surface area contributed by atoms with Gasteiger partial charge in [0, 0.05) is 0 Å². The molecule has 144 valence electrons. The highest BCUT2D eigenvalue weighted by Gasteiger charge is 2.36. The maximum absolute atomic E-state index is 12.0. The van der Waals surface area contributed by atoms with Crippen LogP contribution in [0.3, 0.4) is 0 Å². The van der Waals surface area contributed by atoms with Crippen LogP contribution in [0.15, 0.2) is 0 Å². The topological polar surface area (TPSA) is 254 Å². The van der Waals surface area contributed by atoms with Gasteiger partial charge in [-0.15, -0.1) is 0 Å². The van der Waals surface area contributed by atoms with Crippen LogP contribution in [-0.2, 0) is 18.3 Å². The summed E-state index contributed by atoms with van der Waals surface area (Å²) < 4.78 is 43.8. The molecule has 8 N–H and O–H groups in total. The van der Waals surface area contributed by atoms with Gasteiger partial charge < -0.3 is 48.9 Å². The molecule has 24 heavy (non-hydrogen) atoms. The van der Waals surface area contributed by atoms with Crippen molar-refractivity contribution in [1.29, 1.82) is 0 Å². The molecule has 0 unspecified atom stereocenters. The summed E-state index contributed by atoms with van der Waals surface area (Å²) in [5, 5.41) is 0. The minimum atomic E-state index is -5.06. The molecule has 2 amide bonds. The molecule has 19 heteroatoms. The molecule has 15 nitrogen and oxygen atoms in total. The first-order chi connectivity index (χ1) is 10.3. The monoisotopic (exact) mass is 436 g/mol. The molecule has 0 radical (unpaired) electrons. The second kappa shape index (κ2) is 8.05. The van der Waals surface area contributed by atoms with Gasteiger partial charge in [-0.3, -0.25) is 18.3 Å². The van der Waals surface area contributed by atoms with Crippen molar-refractivity contribution in [3.63, 3.8) is 0 Å². The molecule has 0 saturated carbocycles. The fraction of sp³-hybridized carbons (Fsp3) is 0.800. The first-order valence-electron chi connectivity index (χ1n) is 5.51. The molecule has 0 heterocycles. The average Bonchev–Trinajstić information content (AvgIpc) is 2.17. The van der Waals surface area contributed by atoms with Crippen LogP contribution >= 0.6 is 30.4 Å². The van der Waals surface area contributed by atoms with Gasteiger partial charge in [-0.2, -0.15) is 0 Å². The average molecular weight is 436 g/mol. The summed E-state index contributed by atoms with van der Waals surface area (Å²) in [6.07, 6.45) is -6.18. The number of urea groups is 1. The molecule has 0 aliphatic carbocycles. The number of nitrogens with zero attached hydrogens (tertiary/aromatic N) is 2. The van der Waals surface area contributed by atoms with E-state index in [2.05, 4.69) is 0 Å². The van der Waals surface area contributed by atoms with Crippen LogP contribution in [0.25, 0.3) is 0 Å². The minimum absolute atomic E-state index is 0.146. The molecule has 0 fully saturated rings. The second-order valence-corrected chi connectivity index (χ2v) is 11.0. The van der Waals surface area contributed by atoms with E-state index in [0.29, 0.717) is 0 Å². The number of carbonyl (C=O) groups is 1. The van der Waals surface area contributed by atoms with Crippen LogP contribution in [0, 0.1) is 0 Å². The van der Waals surface area contributed by atoms with E-state index in [9.17, 15) is 23.1 Å². The van der Waals surface area contributed by atoms with E-state index in [1.54, 1.807) is 0 Å². The molecule has 0 rings (SSSR count). The molecule has 0 atom stereocenters. The minimum Gasteiger partial charge on any atom is -0.323 e. The predicted molar refractivity (Wildman–Crippen MR) is 76.7 cm³/mol. The first kappa shape index (κ1) is 23.9. The van der Waals surface area contributed by atoms with Crippen LogP contribution in [-0.4, -0.2) is 80.1 Å². The quantitative estimate of drug-likeness (QED) is 0.197. The molecule has 0 saturated heterocycles. The van der Waals surface area contributed by atoms with Gasteiger partial charge >= 0.3 is 36.4 Å². The Morgan fingerprint density at radius 3 is 0.833 bits per heavy atom. The first-order valence-corrected chi connectivity index (χ1v) is 12.7. The number of rotatable bonds is 8. The lowest BCUT2D eigenvalue weighted by Gasteiger charge is -2.30. The molecule has 0 spiro atoms. The third-order valence-corrected chi connectivity index (χ3v) is 4.80. The summed E-state index contributed by atoms with van der Waals surface area (Å²) in [6, 6.07) is -1.78. The zero-order valence-corrected chi connectivity index (χ0v) is 15.2. The Balaban J connectivity index is 5.69. The third kappa shape index (κ3) is 12.3. The number of amides is 2. The van der Waals surface area contributed by atoms with Crippen molar-refractivity contribution in [3.8, 4) is 0 Å². The highest BCUT2D eigenvalue weighted by molar-refractivity contribution is 7.53. The molecule has 0 aromatic heterocycles. The number of hydrogen-bond acceptors (Lipinski definition) is 5. The Labute approximate surface area is 134 Å². The van der Waals surface area contributed by atoms with Crippen molar-refractivity contribution < 1.29 is 62.2 Å². The zero-order valence-electron chi connectivity index (χ0n) is 11.6. The molecular formula is C5H16N2O13P4. The third-order valence-electron chi connectivity index (χ3n) is 1.96. The predicted octanol–water partition coefficient (Wildman–Crippen LogP) is -1.75.